The van der Waals surface area contributed by atoms with Gasteiger partial charge in [-0.3, -0.25) is 4.79 Å². The first-order valence-corrected chi connectivity index (χ1v) is 6.76. The van der Waals surface area contributed by atoms with Crippen LogP contribution in [0.5, 0.6) is 0 Å². The SMILES string of the molecule is CC(CC1CCCCCN1)NCC(=O)N(C)C. The molecule has 1 amide bonds. The van der Waals surface area contributed by atoms with Crippen molar-refractivity contribution in [3.63, 3.8) is 0 Å². The van der Waals surface area contributed by atoms with E-state index in [0.29, 0.717) is 18.6 Å². The molecule has 0 spiro atoms. The standard InChI is InChI=1S/C13H27N3O/c1-11(15-10-13(17)16(2)3)9-12-7-5-4-6-8-14-12/h11-12,14-15H,4-10H2,1-3H3. The Morgan fingerprint density at radius 1 is 1.41 bits per heavy atom. The minimum absolute atomic E-state index is 0.144. The zero-order valence-electron chi connectivity index (χ0n) is 11.5. The van der Waals surface area contributed by atoms with Crippen molar-refractivity contribution in [1.29, 1.82) is 0 Å². The molecule has 2 atom stereocenters. The van der Waals surface area contributed by atoms with Crippen molar-refractivity contribution in [3.05, 3.63) is 0 Å². The van der Waals surface area contributed by atoms with Crippen LogP contribution in [0, 0.1) is 0 Å². The molecule has 17 heavy (non-hydrogen) atoms. The van der Waals surface area contributed by atoms with Crippen molar-refractivity contribution in [2.45, 2.75) is 51.1 Å². The highest BCUT2D eigenvalue weighted by atomic mass is 16.2. The average Bonchev–Trinajstić information content (AvgIpc) is 2.54. The molecule has 1 aliphatic heterocycles. The maximum atomic E-state index is 11.4. The summed E-state index contributed by atoms with van der Waals surface area (Å²) >= 11 is 0. The highest BCUT2D eigenvalue weighted by Gasteiger charge is 2.15. The molecule has 1 aliphatic rings. The van der Waals surface area contributed by atoms with E-state index in [-0.39, 0.29) is 5.91 Å². The van der Waals surface area contributed by atoms with Crippen molar-refractivity contribution in [1.82, 2.24) is 15.5 Å². The van der Waals surface area contributed by atoms with Gasteiger partial charge in [0, 0.05) is 26.2 Å². The number of rotatable bonds is 5. The van der Waals surface area contributed by atoms with Crippen molar-refractivity contribution < 1.29 is 4.79 Å². The fraction of sp³-hybridized carbons (Fsp3) is 0.923. The fourth-order valence-electron chi connectivity index (χ4n) is 2.23. The van der Waals surface area contributed by atoms with E-state index < -0.39 is 0 Å². The molecule has 0 aromatic heterocycles. The second-order valence-electron chi connectivity index (χ2n) is 5.31. The third-order valence-corrected chi connectivity index (χ3v) is 3.40. The monoisotopic (exact) mass is 241 g/mol. The topological polar surface area (TPSA) is 44.4 Å². The van der Waals surface area contributed by atoms with E-state index in [1.807, 2.05) is 0 Å². The van der Waals surface area contributed by atoms with E-state index in [0.717, 1.165) is 13.0 Å². The molecule has 0 radical (unpaired) electrons. The Balaban J connectivity index is 2.19. The van der Waals surface area contributed by atoms with Crippen molar-refractivity contribution in [3.8, 4) is 0 Å². The van der Waals surface area contributed by atoms with Gasteiger partial charge in [0.15, 0.2) is 0 Å². The summed E-state index contributed by atoms with van der Waals surface area (Å²) in [6, 6.07) is 1.02. The maximum absolute atomic E-state index is 11.4. The normalized spacial score (nSPS) is 22.9. The summed E-state index contributed by atoms with van der Waals surface area (Å²) in [5.74, 6) is 0.144. The Bertz CT molecular complexity index is 223. The molecule has 0 bridgehead atoms. The Labute approximate surface area is 105 Å². The van der Waals surface area contributed by atoms with Crippen LogP contribution in [0.3, 0.4) is 0 Å². The van der Waals surface area contributed by atoms with Crippen LogP contribution in [0.1, 0.15) is 39.0 Å². The van der Waals surface area contributed by atoms with Crippen LogP contribution in [0.15, 0.2) is 0 Å². The summed E-state index contributed by atoms with van der Waals surface area (Å²) in [6.45, 7) is 3.75. The molecule has 100 valence electrons. The zero-order valence-corrected chi connectivity index (χ0v) is 11.5. The number of nitrogens with zero attached hydrogens (tertiary/aromatic N) is 1. The lowest BCUT2D eigenvalue weighted by Gasteiger charge is -2.22. The lowest BCUT2D eigenvalue weighted by atomic mass is 10.0. The highest BCUT2D eigenvalue weighted by molar-refractivity contribution is 5.77. The molecule has 0 aromatic carbocycles. The Kier molecular flexibility index (Phi) is 6.52. The molecular weight excluding hydrogens is 214 g/mol. The highest BCUT2D eigenvalue weighted by Crippen LogP contribution is 2.12. The summed E-state index contributed by atoms with van der Waals surface area (Å²) in [7, 11) is 3.59. The van der Waals surface area contributed by atoms with Crippen molar-refractivity contribution in [2.75, 3.05) is 27.2 Å². The predicted octanol–water partition coefficient (Wildman–Crippen LogP) is 0.975. The van der Waals surface area contributed by atoms with E-state index in [1.54, 1.807) is 19.0 Å². The zero-order chi connectivity index (χ0) is 12.7. The Morgan fingerprint density at radius 3 is 2.88 bits per heavy atom. The van der Waals surface area contributed by atoms with Crippen molar-refractivity contribution >= 4 is 5.91 Å². The van der Waals surface area contributed by atoms with Crippen LogP contribution in [0.2, 0.25) is 0 Å². The number of carbonyl (C=O) groups is 1. The van der Waals surface area contributed by atoms with E-state index in [4.69, 9.17) is 0 Å². The van der Waals surface area contributed by atoms with Crippen LogP contribution in [-0.4, -0.2) is 50.1 Å². The van der Waals surface area contributed by atoms with E-state index in [2.05, 4.69) is 17.6 Å². The smallest absolute Gasteiger partial charge is 0.236 e. The van der Waals surface area contributed by atoms with Gasteiger partial charge < -0.3 is 15.5 Å². The molecule has 1 heterocycles. The second-order valence-corrected chi connectivity index (χ2v) is 5.31. The number of amides is 1. The summed E-state index contributed by atoms with van der Waals surface area (Å²) in [5, 5.41) is 6.89. The van der Waals surface area contributed by atoms with E-state index in [1.165, 1.54) is 25.7 Å². The summed E-state index contributed by atoms with van der Waals surface area (Å²) in [5.41, 5.74) is 0. The minimum Gasteiger partial charge on any atom is -0.348 e. The van der Waals surface area contributed by atoms with Gasteiger partial charge in [0.25, 0.3) is 0 Å². The lowest BCUT2D eigenvalue weighted by molar-refractivity contribution is -0.127. The number of carbonyl (C=O) groups excluding carboxylic acids is 1. The maximum Gasteiger partial charge on any atom is 0.236 e. The molecule has 1 fully saturated rings. The third-order valence-electron chi connectivity index (χ3n) is 3.40. The molecule has 4 nitrogen and oxygen atoms in total. The predicted molar refractivity (Wildman–Crippen MR) is 71.0 cm³/mol. The molecule has 4 heteroatoms. The van der Waals surface area contributed by atoms with Gasteiger partial charge in [-0.1, -0.05) is 12.8 Å². The van der Waals surface area contributed by atoms with Crippen molar-refractivity contribution in [2.24, 2.45) is 0 Å². The molecule has 1 saturated heterocycles. The minimum atomic E-state index is 0.144. The third kappa shape index (κ3) is 6.03. The Hall–Kier alpha value is -0.610. The van der Waals surface area contributed by atoms with E-state index in [9.17, 15) is 4.79 Å². The van der Waals surface area contributed by atoms with Crippen LogP contribution < -0.4 is 10.6 Å². The fourth-order valence-corrected chi connectivity index (χ4v) is 2.23. The molecule has 0 saturated carbocycles. The molecule has 1 rings (SSSR count). The first-order chi connectivity index (χ1) is 8.09. The van der Waals surface area contributed by atoms with Gasteiger partial charge >= 0.3 is 0 Å². The van der Waals surface area contributed by atoms with E-state index >= 15 is 0 Å². The van der Waals surface area contributed by atoms with Crippen LogP contribution in [-0.2, 0) is 4.79 Å². The Morgan fingerprint density at radius 2 is 2.18 bits per heavy atom. The summed E-state index contributed by atoms with van der Waals surface area (Å²) < 4.78 is 0. The second kappa shape index (κ2) is 7.67. The van der Waals surface area contributed by atoms with Gasteiger partial charge in [-0.2, -0.15) is 0 Å². The molecule has 2 unspecified atom stereocenters. The van der Waals surface area contributed by atoms with Gasteiger partial charge in [0.05, 0.1) is 6.54 Å². The number of hydrogen-bond acceptors (Lipinski definition) is 3. The molecular formula is C13H27N3O. The molecule has 0 aliphatic carbocycles. The quantitative estimate of drug-likeness (QED) is 0.754. The largest absolute Gasteiger partial charge is 0.348 e. The van der Waals surface area contributed by atoms with Crippen LogP contribution in [0.25, 0.3) is 0 Å². The van der Waals surface area contributed by atoms with Gasteiger partial charge in [-0.15, -0.1) is 0 Å². The molecule has 2 N–H and O–H groups in total. The summed E-state index contributed by atoms with van der Waals surface area (Å²) in [6.07, 6.45) is 6.37. The first-order valence-electron chi connectivity index (χ1n) is 6.76. The first kappa shape index (κ1) is 14.5. The average molecular weight is 241 g/mol. The number of likely N-dealkylation sites (N-methyl/N-ethyl adjacent to an activating group) is 1. The van der Waals surface area contributed by atoms with Gasteiger partial charge in [0.1, 0.15) is 0 Å². The van der Waals surface area contributed by atoms with Gasteiger partial charge in [-0.05, 0) is 32.7 Å². The van der Waals surface area contributed by atoms with Crippen LogP contribution >= 0.6 is 0 Å². The number of nitrogens with one attached hydrogen (secondary N) is 2. The number of hydrogen-bond donors (Lipinski definition) is 2. The molecule has 0 aromatic rings. The van der Waals surface area contributed by atoms with Crippen LogP contribution in [0.4, 0.5) is 0 Å². The van der Waals surface area contributed by atoms with Gasteiger partial charge in [-0.25, -0.2) is 0 Å². The lowest BCUT2D eigenvalue weighted by Crippen LogP contribution is -2.41. The summed E-state index contributed by atoms with van der Waals surface area (Å²) in [4.78, 5) is 13.1. The van der Waals surface area contributed by atoms with Gasteiger partial charge in [0.2, 0.25) is 5.91 Å².